The van der Waals surface area contributed by atoms with Gasteiger partial charge in [0.1, 0.15) is 0 Å². The summed E-state index contributed by atoms with van der Waals surface area (Å²) in [5.41, 5.74) is 0. The molecule has 0 saturated heterocycles. The molecule has 1 aliphatic carbocycles. The number of carbonyl (C=O) groups excluding carboxylic acids is 1. The Bertz CT molecular complexity index is 230. The Morgan fingerprint density at radius 3 is 2.71 bits per heavy atom. The first-order chi connectivity index (χ1) is 8.13. The van der Waals surface area contributed by atoms with Gasteiger partial charge in [-0.1, -0.05) is 33.1 Å². The number of carbonyl (C=O) groups is 1. The molecule has 0 aliphatic heterocycles. The third-order valence-electron chi connectivity index (χ3n) is 3.93. The normalized spacial score (nSPS) is 27.2. The molecule has 0 aromatic rings. The molecule has 0 radical (unpaired) electrons. The van der Waals surface area contributed by atoms with Gasteiger partial charge in [0.25, 0.3) is 0 Å². The molecule has 3 nitrogen and oxygen atoms in total. The van der Waals surface area contributed by atoms with Crippen LogP contribution in [0.15, 0.2) is 0 Å². The maximum Gasteiger partial charge on any atom is 0.234 e. The molecule has 1 aliphatic rings. The molecule has 0 aromatic carbocycles. The standard InChI is InChI=1S/C14H28N2O/c1-4-12(3)15-10-14(17)16-13-9-7-5-6-8-11(13)2/h11-13,15H,4-10H2,1-3H3,(H,16,17). The summed E-state index contributed by atoms with van der Waals surface area (Å²) in [5, 5.41) is 6.43. The van der Waals surface area contributed by atoms with Crippen molar-refractivity contribution in [1.29, 1.82) is 0 Å². The van der Waals surface area contributed by atoms with Crippen LogP contribution in [-0.2, 0) is 4.79 Å². The molecule has 3 atom stereocenters. The maximum atomic E-state index is 11.8. The highest BCUT2D eigenvalue weighted by Gasteiger charge is 2.21. The van der Waals surface area contributed by atoms with E-state index in [1.54, 1.807) is 0 Å². The van der Waals surface area contributed by atoms with Crippen LogP contribution in [-0.4, -0.2) is 24.5 Å². The molecule has 0 heterocycles. The quantitative estimate of drug-likeness (QED) is 0.725. The van der Waals surface area contributed by atoms with Crippen molar-refractivity contribution in [2.75, 3.05) is 6.54 Å². The highest BCUT2D eigenvalue weighted by atomic mass is 16.2. The predicted octanol–water partition coefficient (Wildman–Crippen LogP) is 2.46. The molecule has 3 heteroatoms. The lowest BCUT2D eigenvalue weighted by atomic mass is 9.97. The number of hydrogen-bond donors (Lipinski definition) is 2. The number of nitrogens with one attached hydrogen (secondary N) is 2. The van der Waals surface area contributed by atoms with Gasteiger partial charge in [0.15, 0.2) is 0 Å². The summed E-state index contributed by atoms with van der Waals surface area (Å²) >= 11 is 0. The SMILES string of the molecule is CCC(C)NCC(=O)NC1CCCCCC1C. The van der Waals surface area contributed by atoms with Crippen LogP contribution < -0.4 is 10.6 Å². The number of rotatable bonds is 5. The zero-order valence-corrected chi connectivity index (χ0v) is 11.6. The molecular formula is C14H28N2O. The summed E-state index contributed by atoms with van der Waals surface area (Å²) in [6.45, 7) is 6.96. The van der Waals surface area contributed by atoms with Crippen molar-refractivity contribution < 1.29 is 4.79 Å². The van der Waals surface area contributed by atoms with E-state index in [2.05, 4.69) is 31.4 Å². The van der Waals surface area contributed by atoms with Crippen molar-refractivity contribution in [3.8, 4) is 0 Å². The molecule has 1 amide bonds. The molecule has 0 spiro atoms. The summed E-state index contributed by atoms with van der Waals surface area (Å²) in [6.07, 6.45) is 7.36. The fourth-order valence-corrected chi connectivity index (χ4v) is 2.38. The van der Waals surface area contributed by atoms with E-state index in [1.165, 1.54) is 25.7 Å². The first kappa shape index (κ1) is 14.5. The van der Waals surface area contributed by atoms with E-state index in [-0.39, 0.29) is 5.91 Å². The Morgan fingerprint density at radius 1 is 1.29 bits per heavy atom. The predicted molar refractivity (Wildman–Crippen MR) is 71.9 cm³/mol. The summed E-state index contributed by atoms with van der Waals surface area (Å²) < 4.78 is 0. The van der Waals surface area contributed by atoms with E-state index >= 15 is 0 Å². The second-order valence-corrected chi connectivity index (χ2v) is 5.48. The van der Waals surface area contributed by atoms with Gasteiger partial charge in [0, 0.05) is 12.1 Å². The smallest absolute Gasteiger partial charge is 0.234 e. The third-order valence-corrected chi connectivity index (χ3v) is 3.93. The van der Waals surface area contributed by atoms with E-state index < -0.39 is 0 Å². The van der Waals surface area contributed by atoms with Crippen molar-refractivity contribution >= 4 is 5.91 Å². The minimum atomic E-state index is 0.157. The molecule has 1 fully saturated rings. The minimum absolute atomic E-state index is 0.157. The molecule has 0 aromatic heterocycles. The van der Waals surface area contributed by atoms with Crippen molar-refractivity contribution in [3.63, 3.8) is 0 Å². The maximum absolute atomic E-state index is 11.8. The van der Waals surface area contributed by atoms with Crippen molar-refractivity contribution in [1.82, 2.24) is 10.6 Å². The van der Waals surface area contributed by atoms with Crippen LogP contribution in [0.2, 0.25) is 0 Å². The second-order valence-electron chi connectivity index (χ2n) is 5.48. The van der Waals surface area contributed by atoms with Gasteiger partial charge in [-0.3, -0.25) is 4.79 Å². The monoisotopic (exact) mass is 240 g/mol. The average Bonchev–Trinajstić information content (AvgIpc) is 2.52. The largest absolute Gasteiger partial charge is 0.352 e. The van der Waals surface area contributed by atoms with E-state index in [0.717, 1.165) is 12.8 Å². The van der Waals surface area contributed by atoms with E-state index in [1.807, 2.05) is 0 Å². The average molecular weight is 240 g/mol. The fourth-order valence-electron chi connectivity index (χ4n) is 2.38. The molecular weight excluding hydrogens is 212 g/mol. The van der Waals surface area contributed by atoms with Gasteiger partial charge < -0.3 is 10.6 Å². The van der Waals surface area contributed by atoms with Gasteiger partial charge in [-0.2, -0.15) is 0 Å². The van der Waals surface area contributed by atoms with Crippen LogP contribution in [0.25, 0.3) is 0 Å². The summed E-state index contributed by atoms with van der Waals surface area (Å²) in [7, 11) is 0. The lowest BCUT2D eigenvalue weighted by Crippen LogP contribution is -2.44. The Balaban J connectivity index is 2.28. The molecule has 17 heavy (non-hydrogen) atoms. The Morgan fingerprint density at radius 2 is 2.00 bits per heavy atom. The van der Waals surface area contributed by atoms with Gasteiger partial charge in [-0.05, 0) is 32.1 Å². The van der Waals surface area contributed by atoms with Gasteiger partial charge in [0.2, 0.25) is 5.91 Å². The van der Waals surface area contributed by atoms with Gasteiger partial charge >= 0.3 is 0 Å². The van der Waals surface area contributed by atoms with Crippen LogP contribution >= 0.6 is 0 Å². The van der Waals surface area contributed by atoms with Crippen molar-refractivity contribution in [3.05, 3.63) is 0 Å². The molecule has 3 unspecified atom stereocenters. The zero-order chi connectivity index (χ0) is 12.7. The molecule has 1 rings (SSSR count). The Hall–Kier alpha value is -0.570. The Kier molecular flexibility index (Phi) is 6.56. The zero-order valence-electron chi connectivity index (χ0n) is 11.6. The van der Waals surface area contributed by atoms with Gasteiger partial charge in [0.05, 0.1) is 6.54 Å². The second kappa shape index (κ2) is 7.70. The van der Waals surface area contributed by atoms with Gasteiger partial charge in [-0.25, -0.2) is 0 Å². The van der Waals surface area contributed by atoms with E-state index in [9.17, 15) is 4.79 Å². The summed E-state index contributed by atoms with van der Waals surface area (Å²) in [6, 6.07) is 0.816. The number of hydrogen-bond acceptors (Lipinski definition) is 2. The van der Waals surface area contributed by atoms with E-state index in [4.69, 9.17) is 0 Å². The molecule has 1 saturated carbocycles. The van der Waals surface area contributed by atoms with Crippen molar-refractivity contribution in [2.45, 2.75) is 71.4 Å². The lowest BCUT2D eigenvalue weighted by molar-refractivity contribution is -0.121. The highest BCUT2D eigenvalue weighted by Crippen LogP contribution is 2.22. The van der Waals surface area contributed by atoms with Crippen LogP contribution in [0, 0.1) is 5.92 Å². The van der Waals surface area contributed by atoms with Gasteiger partial charge in [-0.15, -0.1) is 0 Å². The third kappa shape index (κ3) is 5.53. The first-order valence-corrected chi connectivity index (χ1v) is 7.16. The first-order valence-electron chi connectivity index (χ1n) is 7.16. The minimum Gasteiger partial charge on any atom is -0.352 e. The lowest BCUT2D eigenvalue weighted by Gasteiger charge is -2.23. The van der Waals surface area contributed by atoms with Crippen LogP contribution in [0.5, 0.6) is 0 Å². The highest BCUT2D eigenvalue weighted by molar-refractivity contribution is 5.78. The molecule has 2 N–H and O–H groups in total. The van der Waals surface area contributed by atoms with Crippen LogP contribution in [0.3, 0.4) is 0 Å². The number of amides is 1. The van der Waals surface area contributed by atoms with Crippen LogP contribution in [0.1, 0.15) is 59.3 Å². The fraction of sp³-hybridized carbons (Fsp3) is 0.929. The topological polar surface area (TPSA) is 41.1 Å². The molecule has 0 bridgehead atoms. The van der Waals surface area contributed by atoms with E-state index in [0.29, 0.717) is 24.5 Å². The summed E-state index contributed by atoms with van der Waals surface area (Å²) in [5.74, 6) is 0.786. The van der Waals surface area contributed by atoms with Crippen LogP contribution in [0.4, 0.5) is 0 Å². The molecule has 100 valence electrons. The Labute approximate surface area is 106 Å². The summed E-state index contributed by atoms with van der Waals surface area (Å²) in [4.78, 5) is 11.8. The van der Waals surface area contributed by atoms with Crippen molar-refractivity contribution in [2.24, 2.45) is 5.92 Å².